The van der Waals surface area contributed by atoms with Crippen molar-refractivity contribution in [1.82, 2.24) is 20.2 Å². The minimum Gasteiger partial charge on any atom is -0.376 e. The number of halogens is 1. The molecule has 3 rings (SSSR count). The SMILES string of the molecule is Brc1cccc2c1-n1nnnc1CN2. The van der Waals surface area contributed by atoms with Crippen LogP contribution in [0.1, 0.15) is 5.82 Å². The minimum absolute atomic E-state index is 0.663. The maximum atomic E-state index is 3.94. The molecule has 0 saturated heterocycles. The second kappa shape index (κ2) is 2.78. The van der Waals surface area contributed by atoms with Crippen LogP contribution in [0.4, 0.5) is 5.69 Å². The second-order valence-corrected chi connectivity index (χ2v) is 3.85. The lowest BCUT2D eigenvalue weighted by molar-refractivity contribution is 0.752. The molecule has 0 saturated carbocycles. The number of rotatable bonds is 0. The Labute approximate surface area is 88.2 Å². The number of tetrazole rings is 1. The monoisotopic (exact) mass is 251 g/mol. The molecule has 2 aromatic rings. The van der Waals surface area contributed by atoms with Crippen molar-refractivity contribution < 1.29 is 0 Å². The molecule has 2 heterocycles. The van der Waals surface area contributed by atoms with Gasteiger partial charge >= 0.3 is 0 Å². The number of benzene rings is 1. The Balaban J connectivity index is 2.34. The summed E-state index contributed by atoms with van der Waals surface area (Å²) in [6, 6.07) is 5.95. The number of aromatic nitrogens is 4. The van der Waals surface area contributed by atoms with Crippen LogP contribution in [0.15, 0.2) is 22.7 Å². The van der Waals surface area contributed by atoms with Crippen molar-refractivity contribution in [3.63, 3.8) is 0 Å². The van der Waals surface area contributed by atoms with Crippen molar-refractivity contribution in [3.8, 4) is 5.69 Å². The molecule has 0 unspecified atom stereocenters. The van der Waals surface area contributed by atoms with Gasteiger partial charge in [-0.25, -0.2) is 0 Å². The zero-order chi connectivity index (χ0) is 9.54. The van der Waals surface area contributed by atoms with Crippen LogP contribution < -0.4 is 5.32 Å². The zero-order valence-electron chi connectivity index (χ0n) is 7.11. The summed E-state index contributed by atoms with van der Waals surface area (Å²) >= 11 is 3.48. The number of fused-ring (bicyclic) bond motifs is 3. The third-order valence-corrected chi connectivity index (χ3v) is 2.81. The van der Waals surface area contributed by atoms with Gasteiger partial charge in [0.05, 0.1) is 12.2 Å². The molecule has 0 aliphatic carbocycles. The lowest BCUT2D eigenvalue weighted by Gasteiger charge is -2.18. The van der Waals surface area contributed by atoms with Crippen molar-refractivity contribution in [2.45, 2.75) is 6.54 Å². The van der Waals surface area contributed by atoms with Crippen molar-refractivity contribution in [3.05, 3.63) is 28.5 Å². The standard InChI is InChI=1S/C8H6BrN5/c9-5-2-1-3-6-8(5)14-7(4-10-6)11-12-13-14/h1-3,10H,4H2. The summed E-state index contributed by atoms with van der Waals surface area (Å²) < 4.78 is 2.73. The molecule has 1 aromatic heterocycles. The Hall–Kier alpha value is -1.43. The molecule has 0 radical (unpaired) electrons. The van der Waals surface area contributed by atoms with Gasteiger partial charge in [-0.3, -0.25) is 0 Å². The van der Waals surface area contributed by atoms with Gasteiger partial charge in [0.2, 0.25) is 0 Å². The molecule has 1 aliphatic heterocycles. The van der Waals surface area contributed by atoms with Crippen LogP contribution in [0.2, 0.25) is 0 Å². The van der Waals surface area contributed by atoms with E-state index in [1.807, 2.05) is 18.2 Å². The highest BCUT2D eigenvalue weighted by Gasteiger charge is 2.19. The molecule has 0 amide bonds. The van der Waals surface area contributed by atoms with E-state index in [1.54, 1.807) is 4.68 Å². The molecule has 1 aliphatic rings. The predicted octanol–water partition coefficient (Wildman–Crippen LogP) is 1.35. The Bertz CT molecular complexity index is 492. The van der Waals surface area contributed by atoms with Gasteiger partial charge in [-0.2, -0.15) is 4.68 Å². The zero-order valence-corrected chi connectivity index (χ0v) is 8.69. The molecule has 0 bridgehead atoms. The van der Waals surface area contributed by atoms with Crippen LogP contribution in [0.25, 0.3) is 5.69 Å². The average molecular weight is 252 g/mol. The Morgan fingerprint density at radius 1 is 1.43 bits per heavy atom. The minimum atomic E-state index is 0.663. The van der Waals surface area contributed by atoms with E-state index in [-0.39, 0.29) is 0 Å². The number of hydrogen-bond donors (Lipinski definition) is 1. The highest BCUT2D eigenvalue weighted by Crippen LogP contribution is 2.31. The Kier molecular flexibility index (Phi) is 1.57. The summed E-state index contributed by atoms with van der Waals surface area (Å²) in [6.45, 7) is 0.663. The van der Waals surface area contributed by atoms with Gasteiger partial charge in [0.25, 0.3) is 0 Å². The first-order valence-corrected chi connectivity index (χ1v) is 4.95. The number of nitrogens with zero attached hydrogens (tertiary/aromatic N) is 4. The maximum absolute atomic E-state index is 3.94. The Morgan fingerprint density at radius 2 is 2.36 bits per heavy atom. The van der Waals surface area contributed by atoms with E-state index in [2.05, 4.69) is 36.8 Å². The van der Waals surface area contributed by atoms with Crippen LogP contribution in [0.3, 0.4) is 0 Å². The summed E-state index contributed by atoms with van der Waals surface area (Å²) in [5.74, 6) is 0.824. The highest BCUT2D eigenvalue weighted by molar-refractivity contribution is 9.10. The first-order valence-electron chi connectivity index (χ1n) is 4.16. The van der Waals surface area contributed by atoms with Crippen molar-refractivity contribution in [2.75, 3.05) is 5.32 Å². The fraction of sp³-hybridized carbons (Fsp3) is 0.125. The molecule has 0 fully saturated rings. The van der Waals surface area contributed by atoms with Crippen LogP contribution in [0.5, 0.6) is 0 Å². The molecule has 5 nitrogen and oxygen atoms in total. The topological polar surface area (TPSA) is 55.6 Å². The molecule has 1 aromatic carbocycles. The van der Waals surface area contributed by atoms with Crippen LogP contribution in [0, 0.1) is 0 Å². The van der Waals surface area contributed by atoms with E-state index >= 15 is 0 Å². The second-order valence-electron chi connectivity index (χ2n) is 3.00. The van der Waals surface area contributed by atoms with E-state index in [1.165, 1.54) is 0 Å². The number of nitrogens with one attached hydrogen (secondary N) is 1. The lowest BCUT2D eigenvalue weighted by Crippen LogP contribution is -2.16. The largest absolute Gasteiger partial charge is 0.376 e. The van der Waals surface area contributed by atoms with Gasteiger partial charge in [0, 0.05) is 4.47 Å². The van der Waals surface area contributed by atoms with E-state index in [4.69, 9.17) is 0 Å². The molecule has 14 heavy (non-hydrogen) atoms. The fourth-order valence-electron chi connectivity index (χ4n) is 1.54. The normalized spacial score (nSPS) is 12.9. The summed E-state index contributed by atoms with van der Waals surface area (Å²) in [4.78, 5) is 0. The van der Waals surface area contributed by atoms with Crippen molar-refractivity contribution in [2.24, 2.45) is 0 Å². The van der Waals surface area contributed by atoms with Crippen LogP contribution in [-0.4, -0.2) is 20.2 Å². The first kappa shape index (κ1) is 7.93. The van der Waals surface area contributed by atoms with E-state index in [0.717, 1.165) is 21.7 Å². The molecule has 0 spiro atoms. The third kappa shape index (κ3) is 0.971. The van der Waals surface area contributed by atoms with E-state index < -0.39 is 0 Å². The van der Waals surface area contributed by atoms with Gasteiger partial charge in [-0.15, -0.1) is 5.10 Å². The highest BCUT2D eigenvalue weighted by atomic mass is 79.9. The number of para-hydroxylation sites is 1. The maximum Gasteiger partial charge on any atom is 0.175 e. The van der Waals surface area contributed by atoms with Gasteiger partial charge < -0.3 is 5.32 Å². The molecule has 0 atom stereocenters. The Morgan fingerprint density at radius 3 is 3.29 bits per heavy atom. The predicted molar refractivity (Wildman–Crippen MR) is 54.2 cm³/mol. The van der Waals surface area contributed by atoms with Crippen LogP contribution in [-0.2, 0) is 6.54 Å². The van der Waals surface area contributed by atoms with Gasteiger partial charge in [-0.1, -0.05) is 6.07 Å². The smallest absolute Gasteiger partial charge is 0.175 e. The fourth-order valence-corrected chi connectivity index (χ4v) is 2.07. The first-order chi connectivity index (χ1) is 6.86. The summed E-state index contributed by atoms with van der Waals surface area (Å²) in [7, 11) is 0. The van der Waals surface area contributed by atoms with Gasteiger partial charge in [0.1, 0.15) is 5.69 Å². The number of hydrogen-bond acceptors (Lipinski definition) is 4. The molecule has 1 N–H and O–H groups in total. The van der Waals surface area contributed by atoms with E-state index in [9.17, 15) is 0 Å². The van der Waals surface area contributed by atoms with Crippen LogP contribution >= 0.6 is 15.9 Å². The van der Waals surface area contributed by atoms with Crippen molar-refractivity contribution in [1.29, 1.82) is 0 Å². The lowest BCUT2D eigenvalue weighted by atomic mass is 10.2. The molecule has 70 valence electrons. The van der Waals surface area contributed by atoms with Gasteiger partial charge in [0.15, 0.2) is 5.82 Å². The molecular formula is C8H6BrN5. The summed E-state index contributed by atoms with van der Waals surface area (Å²) in [5.41, 5.74) is 2.01. The average Bonchev–Trinajstić information content (AvgIpc) is 2.65. The molecular weight excluding hydrogens is 246 g/mol. The third-order valence-electron chi connectivity index (χ3n) is 2.17. The summed E-state index contributed by atoms with van der Waals surface area (Å²) in [5, 5.41) is 14.8. The quantitative estimate of drug-likeness (QED) is 0.768. The van der Waals surface area contributed by atoms with E-state index in [0.29, 0.717) is 6.54 Å². The molecule has 6 heteroatoms. The number of anilines is 1. The van der Waals surface area contributed by atoms with Crippen molar-refractivity contribution >= 4 is 21.6 Å². The van der Waals surface area contributed by atoms with Gasteiger partial charge in [-0.05, 0) is 38.5 Å². The summed E-state index contributed by atoms with van der Waals surface area (Å²) in [6.07, 6.45) is 0.